The predicted molar refractivity (Wildman–Crippen MR) is 128 cm³/mol. The topological polar surface area (TPSA) is 91.0 Å². The van der Waals surface area contributed by atoms with Gasteiger partial charge in [0, 0.05) is 6.04 Å². The fraction of sp³-hybridized carbons (Fsp3) is 0.423. The van der Waals surface area contributed by atoms with Crippen molar-refractivity contribution < 1.29 is 19.1 Å². The van der Waals surface area contributed by atoms with Crippen LogP contribution in [0.3, 0.4) is 0 Å². The number of hydrogen-bond acceptors (Lipinski definition) is 5. The van der Waals surface area contributed by atoms with E-state index in [9.17, 15) is 14.4 Å². The van der Waals surface area contributed by atoms with Gasteiger partial charge in [0.15, 0.2) is 0 Å². The van der Waals surface area contributed by atoms with Gasteiger partial charge in [0.25, 0.3) is 11.8 Å². The van der Waals surface area contributed by atoms with Crippen LogP contribution in [0.15, 0.2) is 54.6 Å². The van der Waals surface area contributed by atoms with Crippen LogP contribution in [0.4, 0.5) is 4.79 Å². The van der Waals surface area contributed by atoms with Crippen LogP contribution in [0.2, 0.25) is 0 Å². The molecule has 4 rings (SSSR count). The van der Waals surface area contributed by atoms with Gasteiger partial charge in [0.2, 0.25) is 0 Å². The second-order valence-electron chi connectivity index (χ2n) is 8.84. The third-order valence-electron chi connectivity index (χ3n) is 6.84. The van der Waals surface area contributed by atoms with E-state index < -0.39 is 17.5 Å². The highest BCUT2D eigenvalue weighted by Crippen LogP contribution is 2.33. The van der Waals surface area contributed by atoms with Gasteiger partial charge >= 0.3 is 6.03 Å². The molecule has 2 unspecified atom stereocenters. The average Bonchev–Trinajstić information content (AvgIpc) is 3.00. The average molecular weight is 465 g/mol. The summed E-state index contributed by atoms with van der Waals surface area (Å²) >= 11 is 0. The molecule has 0 aromatic heterocycles. The van der Waals surface area contributed by atoms with Crippen molar-refractivity contribution in [3.8, 4) is 5.75 Å². The summed E-state index contributed by atoms with van der Waals surface area (Å²) in [6.45, 7) is 2.71. The van der Waals surface area contributed by atoms with Gasteiger partial charge in [-0.1, -0.05) is 62.2 Å². The van der Waals surface area contributed by atoms with E-state index in [1.807, 2.05) is 61.5 Å². The molecule has 2 aliphatic rings. The Morgan fingerprint density at radius 1 is 1.09 bits per heavy atom. The van der Waals surface area contributed by atoms with Crippen LogP contribution < -0.4 is 15.5 Å². The lowest BCUT2D eigenvalue weighted by Crippen LogP contribution is -2.51. The fourth-order valence-electron chi connectivity index (χ4n) is 4.94. The maximum atomic E-state index is 13.3. The summed E-state index contributed by atoms with van der Waals surface area (Å²) in [5, 5.41) is 3.63. The molecule has 0 bridgehead atoms. The van der Waals surface area contributed by atoms with Crippen molar-refractivity contribution in [3.05, 3.63) is 65.7 Å². The van der Waals surface area contributed by atoms with Crippen LogP contribution in [-0.2, 0) is 15.1 Å². The summed E-state index contributed by atoms with van der Waals surface area (Å²) in [6, 6.07) is 16.5. The van der Waals surface area contributed by atoms with Crippen molar-refractivity contribution in [2.24, 2.45) is 0 Å². The highest BCUT2D eigenvalue weighted by Gasteiger charge is 2.52. The molecule has 2 fully saturated rings. The minimum atomic E-state index is -1.18. The molecule has 34 heavy (non-hydrogen) atoms. The Bertz CT molecular complexity index is 1030. The monoisotopic (exact) mass is 464 g/mol. The lowest BCUT2D eigenvalue weighted by molar-refractivity contribution is -0.140. The van der Waals surface area contributed by atoms with Gasteiger partial charge in [-0.05, 0) is 49.1 Å². The third kappa shape index (κ3) is 4.63. The molecule has 2 aromatic rings. The highest BCUT2D eigenvalue weighted by molar-refractivity contribution is 6.08. The van der Waals surface area contributed by atoms with Crippen molar-refractivity contribution in [2.75, 3.05) is 20.2 Å². The normalized spacial score (nSPS) is 23.4. The summed E-state index contributed by atoms with van der Waals surface area (Å²) in [6.07, 6.45) is 4.50. The number of amides is 4. The minimum absolute atomic E-state index is 0.0845. The standard InChI is InChI=1S/C26H32N4O4/c1-3-26(20-10-6-4-7-11-20)24(32)30(25(33)27-26)28-23(31)18-29-17-9-5-8-12-22(29)19-13-15-21(34-2)16-14-19/h4,6-7,10-11,13-16,22H,3,5,8-9,12,17-18H2,1-2H3,(H,27,33)(H,28,31). The van der Waals surface area contributed by atoms with Gasteiger partial charge in [-0.15, -0.1) is 0 Å². The number of ether oxygens (including phenoxy) is 1. The van der Waals surface area contributed by atoms with E-state index in [2.05, 4.69) is 15.6 Å². The molecule has 2 aromatic carbocycles. The molecule has 2 heterocycles. The van der Waals surface area contributed by atoms with Crippen molar-refractivity contribution in [1.29, 1.82) is 0 Å². The highest BCUT2D eigenvalue weighted by atomic mass is 16.5. The maximum Gasteiger partial charge on any atom is 0.344 e. The van der Waals surface area contributed by atoms with E-state index >= 15 is 0 Å². The lowest BCUT2D eigenvalue weighted by atomic mass is 9.87. The Labute approximate surface area is 200 Å². The fourth-order valence-corrected chi connectivity index (χ4v) is 4.94. The van der Waals surface area contributed by atoms with Crippen LogP contribution in [0.25, 0.3) is 0 Å². The predicted octanol–water partition coefficient (Wildman–Crippen LogP) is 3.50. The molecule has 2 atom stereocenters. The molecule has 0 aliphatic carbocycles. The van der Waals surface area contributed by atoms with Crippen LogP contribution in [0, 0.1) is 0 Å². The molecule has 2 saturated heterocycles. The number of hydrogen-bond donors (Lipinski definition) is 2. The third-order valence-corrected chi connectivity index (χ3v) is 6.84. The van der Waals surface area contributed by atoms with Crippen molar-refractivity contribution in [1.82, 2.24) is 20.7 Å². The van der Waals surface area contributed by atoms with Crippen LogP contribution >= 0.6 is 0 Å². The summed E-state index contributed by atoms with van der Waals surface area (Å²) in [4.78, 5) is 41.2. The van der Waals surface area contributed by atoms with Crippen molar-refractivity contribution in [2.45, 2.75) is 50.6 Å². The van der Waals surface area contributed by atoms with Gasteiger partial charge in [-0.3, -0.25) is 19.9 Å². The Kier molecular flexibility index (Phi) is 7.17. The molecule has 4 amide bonds. The van der Waals surface area contributed by atoms with Gasteiger partial charge in [-0.2, -0.15) is 5.01 Å². The quantitative estimate of drug-likeness (QED) is 0.612. The number of hydrazine groups is 1. The van der Waals surface area contributed by atoms with Crippen molar-refractivity contribution >= 4 is 17.8 Å². The van der Waals surface area contributed by atoms with Crippen LogP contribution in [0.5, 0.6) is 5.75 Å². The summed E-state index contributed by atoms with van der Waals surface area (Å²) < 4.78 is 5.27. The number of rotatable bonds is 7. The van der Waals surface area contributed by atoms with E-state index in [0.717, 1.165) is 48.5 Å². The van der Waals surface area contributed by atoms with E-state index in [-0.39, 0.29) is 18.5 Å². The van der Waals surface area contributed by atoms with E-state index in [1.54, 1.807) is 7.11 Å². The maximum absolute atomic E-state index is 13.3. The van der Waals surface area contributed by atoms with Gasteiger partial charge in [-0.25, -0.2) is 4.79 Å². The molecular weight excluding hydrogens is 432 g/mol. The number of carbonyl (C=O) groups excluding carboxylic acids is 3. The van der Waals surface area contributed by atoms with E-state index in [1.165, 1.54) is 0 Å². The Hall–Kier alpha value is -3.39. The first kappa shape index (κ1) is 23.8. The number of carbonyl (C=O) groups is 3. The number of urea groups is 1. The number of nitrogens with zero attached hydrogens (tertiary/aromatic N) is 2. The Morgan fingerprint density at radius 3 is 2.50 bits per heavy atom. The molecule has 2 N–H and O–H groups in total. The zero-order chi connectivity index (χ0) is 24.1. The van der Waals surface area contributed by atoms with E-state index in [0.29, 0.717) is 12.0 Å². The molecule has 8 heteroatoms. The number of nitrogens with one attached hydrogen (secondary N) is 2. The summed E-state index contributed by atoms with van der Waals surface area (Å²) in [5.41, 5.74) is 3.20. The Balaban J connectivity index is 1.48. The lowest BCUT2D eigenvalue weighted by Gasteiger charge is -2.30. The molecule has 0 radical (unpaired) electrons. The summed E-state index contributed by atoms with van der Waals surface area (Å²) in [7, 11) is 1.64. The summed E-state index contributed by atoms with van der Waals surface area (Å²) in [5.74, 6) is -0.0657. The molecule has 0 saturated carbocycles. The van der Waals surface area contributed by atoms with Crippen LogP contribution in [0.1, 0.15) is 56.2 Å². The van der Waals surface area contributed by atoms with Gasteiger partial charge in [0.05, 0.1) is 13.7 Å². The smallest absolute Gasteiger partial charge is 0.344 e. The number of likely N-dealkylation sites (tertiary alicyclic amines) is 1. The zero-order valence-electron chi connectivity index (χ0n) is 19.8. The first-order valence-electron chi connectivity index (χ1n) is 11.9. The molecular formula is C26H32N4O4. The zero-order valence-corrected chi connectivity index (χ0v) is 19.8. The number of imide groups is 1. The number of benzene rings is 2. The molecule has 0 spiro atoms. The van der Waals surface area contributed by atoms with Gasteiger partial charge in [0.1, 0.15) is 11.3 Å². The molecule has 8 nitrogen and oxygen atoms in total. The molecule has 2 aliphatic heterocycles. The molecule has 180 valence electrons. The Morgan fingerprint density at radius 2 is 1.82 bits per heavy atom. The van der Waals surface area contributed by atoms with Crippen LogP contribution in [-0.4, -0.2) is 48.0 Å². The van der Waals surface area contributed by atoms with Crippen molar-refractivity contribution in [3.63, 3.8) is 0 Å². The second kappa shape index (κ2) is 10.3. The van der Waals surface area contributed by atoms with Gasteiger partial charge < -0.3 is 10.1 Å². The first-order valence-corrected chi connectivity index (χ1v) is 11.9. The second-order valence-corrected chi connectivity index (χ2v) is 8.84. The minimum Gasteiger partial charge on any atom is -0.497 e. The number of methoxy groups -OCH3 is 1. The van der Waals surface area contributed by atoms with E-state index in [4.69, 9.17) is 4.74 Å². The first-order chi connectivity index (χ1) is 16.5. The largest absolute Gasteiger partial charge is 0.497 e. The SMILES string of the molecule is CCC1(c2ccccc2)NC(=O)N(NC(=O)CN2CCCCCC2c2ccc(OC)cc2)C1=O.